The number of furan rings is 1. The molecule has 0 saturated heterocycles. The Morgan fingerprint density at radius 1 is 0.773 bits per heavy atom. The predicted molar refractivity (Wildman–Crippen MR) is 173 cm³/mol. The molecule has 44 heavy (non-hydrogen) atoms. The summed E-state index contributed by atoms with van der Waals surface area (Å²) in [7, 11) is 0. The van der Waals surface area contributed by atoms with Gasteiger partial charge in [-0.2, -0.15) is 0 Å². The summed E-state index contributed by atoms with van der Waals surface area (Å²) >= 11 is 0. The topological polar surface area (TPSA) is 38.9 Å². The smallest absolute Gasteiger partial charge is 0.134 e. The van der Waals surface area contributed by atoms with E-state index < -0.39 is 0 Å². The number of pyridine rings is 2. The van der Waals surface area contributed by atoms with E-state index in [1.807, 2.05) is 92.0 Å². The van der Waals surface area contributed by atoms with Gasteiger partial charge in [-0.3, -0.25) is 0 Å². The number of hydrogen-bond donors (Lipinski definition) is 0. The van der Waals surface area contributed by atoms with Crippen molar-refractivity contribution in [2.24, 2.45) is 5.92 Å². The van der Waals surface area contributed by atoms with E-state index in [2.05, 4.69) is 48.1 Å². The van der Waals surface area contributed by atoms with Crippen LogP contribution in [0, 0.1) is 30.8 Å². The summed E-state index contributed by atoms with van der Waals surface area (Å²) in [4.78, 5) is 8.93. The Bertz CT molecular complexity index is 1990. The maximum atomic E-state index is 14.7. The van der Waals surface area contributed by atoms with Crippen LogP contribution in [0.4, 0.5) is 4.39 Å². The molecule has 0 N–H and O–H groups in total. The molecule has 4 aromatic carbocycles. The van der Waals surface area contributed by atoms with Gasteiger partial charge in [-0.15, -0.1) is 54.1 Å². The molecule has 221 valence electrons. The summed E-state index contributed by atoms with van der Waals surface area (Å²) < 4.78 is 21.0. The third-order valence-corrected chi connectivity index (χ3v) is 7.24. The van der Waals surface area contributed by atoms with Gasteiger partial charge in [0, 0.05) is 37.9 Å². The van der Waals surface area contributed by atoms with Crippen molar-refractivity contribution in [1.29, 1.82) is 0 Å². The van der Waals surface area contributed by atoms with Crippen LogP contribution >= 0.6 is 0 Å². The van der Waals surface area contributed by atoms with E-state index in [1.165, 1.54) is 11.6 Å². The summed E-state index contributed by atoms with van der Waals surface area (Å²) in [5.74, 6) is 0.378. The Kier molecular flexibility index (Phi) is 9.79. The van der Waals surface area contributed by atoms with Gasteiger partial charge < -0.3 is 14.4 Å². The zero-order chi connectivity index (χ0) is 29.8. The van der Waals surface area contributed by atoms with Crippen molar-refractivity contribution in [2.75, 3.05) is 0 Å². The fraction of sp³-hybridized carbons (Fsp3) is 0.128. The van der Waals surface area contributed by atoms with E-state index in [1.54, 1.807) is 12.3 Å². The minimum absolute atomic E-state index is 0. The summed E-state index contributed by atoms with van der Waals surface area (Å²) in [5, 5.41) is 1.81. The second kappa shape index (κ2) is 13.9. The number of fused-ring (bicyclic) bond motifs is 3. The average molecular weight is 755 g/mol. The zero-order valence-corrected chi connectivity index (χ0v) is 27.2. The van der Waals surface area contributed by atoms with E-state index in [0.29, 0.717) is 22.6 Å². The summed E-state index contributed by atoms with van der Waals surface area (Å²) in [6.07, 6.45) is 4.83. The van der Waals surface area contributed by atoms with Gasteiger partial charge in [-0.05, 0) is 60.0 Å². The zero-order valence-electron chi connectivity index (χ0n) is 24.8. The quantitative estimate of drug-likeness (QED) is 0.164. The summed E-state index contributed by atoms with van der Waals surface area (Å²) in [6, 6.07) is 39.1. The molecule has 3 nitrogen and oxygen atoms in total. The Morgan fingerprint density at radius 2 is 1.57 bits per heavy atom. The maximum Gasteiger partial charge on any atom is 0.134 e. The Labute approximate surface area is 271 Å². The minimum Gasteiger partial charge on any atom is -0.500 e. The molecule has 0 fully saturated rings. The number of aryl methyl sites for hydroxylation is 1. The molecule has 0 aliphatic heterocycles. The number of benzene rings is 4. The molecule has 5 heteroatoms. The van der Waals surface area contributed by atoms with Crippen molar-refractivity contribution in [3.05, 3.63) is 145 Å². The number of halogens is 1. The van der Waals surface area contributed by atoms with Crippen molar-refractivity contribution in [3.8, 4) is 33.6 Å². The SMILES string of the molecule is CC(C)Cc1ccc(-c2[c-]cccc2)nc1.Cc1ccnc(-c2[c-]ccc3c2oc2c(-c4ccccc4)c(F)ccc23)c1.[Ir]. The molecule has 7 rings (SSSR count). The number of aromatic nitrogens is 2. The van der Waals surface area contributed by atoms with E-state index in [9.17, 15) is 4.39 Å². The molecule has 0 atom stereocenters. The van der Waals surface area contributed by atoms with E-state index >= 15 is 0 Å². The van der Waals surface area contributed by atoms with Crippen molar-refractivity contribution in [2.45, 2.75) is 27.2 Å². The maximum absolute atomic E-state index is 14.7. The molecule has 0 aliphatic rings. The molecular formula is C39H31FIrN2O-2. The van der Waals surface area contributed by atoms with Crippen LogP contribution in [0.2, 0.25) is 0 Å². The molecule has 0 spiro atoms. The van der Waals surface area contributed by atoms with Crippen LogP contribution in [-0.4, -0.2) is 9.97 Å². The summed E-state index contributed by atoms with van der Waals surface area (Å²) in [5.41, 5.74) is 8.52. The van der Waals surface area contributed by atoms with Crippen LogP contribution in [0.1, 0.15) is 25.0 Å². The second-order valence-corrected chi connectivity index (χ2v) is 11.0. The van der Waals surface area contributed by atoms with Gasteiger partial charge in [0.15, 0.2) is 0 Å². The predicted octanol–water partition coefficient (Wildman–Crippen LogP) is 10.3. The standard InChI is InChI=1S/C24H15FNO.C15H16N.Ir/c1-15-12-13-26-21(14-15)19-9-5-8-17-18-10-11-20(25)22(24(18)27-23(17)19)16-6-3-2-4-7-16;1-12(2)10-13-8-9-15(16-11-13)14-6-4-3-5-7-14;/h2-8,10-14H,1H3;3-6,8-9,11-12H,10H2,1-2H3;/q2*-1;. The molecular weight excluding hydrogens is 724 g/mol. The van der Waals surface area contributed by atoms with Crippen molar-refractivity contribution < 1.29 is 28.9 Å². The van der Waals surface area contributed by atoms with Crippen molar-refractivity contribution in [1.82, 2.24) is 9.97 Å². The van der Waals surface area contributed by atoms with E-state index in [0.717, 1.165) is 50.8 Å². The van der Waals surface area contributed by atoms with Crippen LogP contribution in [0.15, 0.2) is 120 Å². The monoisotopic (exact) mass is 755 g/mol. The van der Waals surface area contributed by atoms with Crippen LogP contribution in [0.25, 0.3) is 55.6 Å². The molecule has 0 aliphatic carbocycles. The van der Waals surface area contributed by atoms with Gasteiger partial charge >= 0.3 is 0 Å². The first-order chi connectivity index (χ1) is 21.0. The summed E-state index contributed by atoms with van der Waals surface area (Å²) in [6.45, 7) is 6.46. The van der Waals surface area contributed by atoms with E-state index in [4.69, 9.17) is 4.42 Å². The molecule has 0 amide bonds. The first-order valence-electron chi connectivity index (χ1n) is 14.4. The fourth-order valence-electron chi connectivity index (χ4n) is 5.25. The molecule has 7 aromatic rings. The van der Waals surface area contributed by atoms with Crippen LogP contribution in [-0.2, 0) is 26.5 Å². The molecule has 3 aromatic heterocycles. The first-order valence-corrected chi connectivity index (χ1v) is 14.4. The molecule has 0 bridgehead atoms. The molecule has 3 heterocycles. The molecule has 1 radical (unpaired) electrons. The fourth-order valence-corrected chi connectivity index (χ4v) is 5.25. The number of nitrogens with zero attached hydrogens (tertiary/aromatic N) is 2. The van der Waals surface area contributed by atoms with Crippen molar-refractivity contribution in [3.63, 3.8) is 0 Å². The number of hydrogen-bond acceptors (Lipinski definition) is 3. The van der Waals surface area contributed by atoms with Crippen LogP contribution in [0.5, 0.6) is 0 Å². The first kappa shape index (κ1) is 31.0. The third-order valence-electron chi connectivity index (χ3n) is 7.24. The van der Waals surface area contributed by atoms with Gasteiger partial charge in [0.05, 0.1) is 11.1 Å². The van der Waals surface area contributed by atoms with Gasteiger partial charge in [-0.25, -0.2) is 4.39 Å². The largest absolute Gasteiger partial charge is 0.500 e. The average Bonchev–Trinajstić information content (AvgIpc) is 3.41. The van der Waals surface area contributed by atoms with Gasteiger partial charge in [0.2, 0.25) is 0 Å². The van der Waals surface area contributed by atoms with Crippen molar-refractivity contribution >= 4 is 21.9 Å². The number of rotatable bonds is 5. The Balaban J connectivity index is 0.000000194. The third kappa shape index (κ3) is 6.70. The van der Waals surface area contributed by atoms with Gasteiger partial charge in [0.25, 0.3) is 0 Å². The normalized spacial score (nSPS) is 10.8. The molecule has 0 saturated carbocycles. The van der Waals surface area contributed by atoms with Gasteiger partial charge in [0.1, 0.15) is 11.4 Å². The minimum atomic E-state index is -0.299. The Morgan fingerprint density at radius 3 is 2.27 bits per heavy atom. The van der Waals surface area contributed by atoms with E-state index in [-0.39, 0.29) is 25.9 Å². The van der Waals surface area contributed by atoms with Crippen LogP contribution in [0.3, 0.4) is 0 Å². The molecule has 0 unspecified atom stereocenters. The van der Waals surface area contributed by atoms with Crippen LogP contribution < -0.4 is 0 Å². The van der Waals surface area contributed by atoms with Gasteiger partial charge in [-0.1, -0.05) is 78.9 Å². The second-order valence-electron chi connectivity index (χ2n) is 11.0. The Hall–Kier alpha value is -4.44.